The molecule has 1 aromatic heterocycles. The summed E-state index contributed by atoms with van der Waals surface area (Å²) in [5.41, 5.74) is 4.00. The minimum absolute atomic E-state index is 0.0478. The van der Waals surface area contributed by atoms with E-state index in [9.17, 15) is 9.18 Å². The SMILES string of the molecule is Cc1ccc(C(NC(=O)C2CCCN(Cc3nc(-c4ccc(F)cc4)no3)C2)c2ccccc2)cc1. The third kappa shape index (κ3) is 5.69. The number of piperidine rings is 1. The molecule has 1 fully saturated rings. The zero-order valence-corrected chi connectivity index (χ0v) is 20.2. The van der Waals surface area contributed by atoms with Crippen molar-refractivity contribution in [1.82, 2.24) is 20.4 Å². The Morgan fingerprint density at radius 2 is 1.78 bits per heavy atom. The number of hydrogen-bond donors (Lipinski definition) is 1. The standard InChI is InChI=1S/C29H29FN4O2/c1-20-9-11-22(12-10-20)27(21-6-3-2-4-7-21)32-29(35)24-8-5-17-34(18-24)19-26-31-28(33-36-26)23-13-15-25(30)16-14-23/h2-4,6-7,9-16,24,27H,5,8,17-19H2,1H3,(H,32,35). The van der Waals surface area contributed by atoms with Crippen molar-refractivity contribution in [3.63, 3.8) is 0 Å². The summed E-state index contributed by atoms with van der Waals surface area (Å²) < 4.78 is 18.6. The van der Waals surface area contributed by atoms with Crippen molar-refractivity contribution in [2.75, 3.05) is 13.1 Å². The van der Waals surface area contributed by atoms with E-state index in [1.807, 2.05) is 30.3 Å². The lowest BCUT2D eigenvalue weighted by Gasteiger charge is -2.32. The molecule has 0 radical (unpaired) electrons. The number of aromatic nitrogens is 2. The van der Waals surface area contributed by atoms with E-state index >= 15 is 0 Å². The second-order valence-electron chi connectivity index (χ2n) is 9.36. The molecule has 2 unspecified atom stereocenters. The predicted octanol–water partition coefficient (Wildman–Crippen LogP) is 5.30. The van der Waals surface area contributed by atoms with E-state index in [2.05, 4.69) is 51.5 Å². The van der Waals surface area contributed by atoms with Crippen LogP contribution in [0, 0.1) is 18.7 Å². The number of rotatable bonds is 7. The van der Waals surface area contributed by atoms with E-state index in [0.29, 0.717) is 30.4 Å². The van der Waals surface area contributed by atoms with Crippen LogP contribution in [0.1, 0.15) is 41.5 Å². The normalized spacial score (nSPS) is 17.0. The van der Waals surface area contributed by atoms with E-state index in [1.54, 1.807) is 12.1 Å². The number of nitrogens with zero attached hydrogens (tertiary/aromatic N) is 3. The molecule has 1 amide bonds. The van der Waals surface area contributed by atoms with E-state index in [-0.39, 0.29) is 23.7 Å². The largest absolute Gasteiger partial charge is 0.345 e. The predicted molar refractivity (Wildman–Crippen MR) is 135 cm³/mol. The van der Waals surface area contributed by atoms with Crippen molar-refractivity contribution in [2.45, 2.75) is 32.4 Å². The maximum Gasteiger partial charge on any atom is 0.241 e. The molecular weight excluding hydrogens is 455 g/mol. The Labute approximate surface area is 210 Å². The van der Waals surface area contributed by atoms with Crippen molar-refractivity contribution in [1.29, 1.82) is 0 Å². The number of halogens is 1. The molecule has 0 saturated carbocycles. The van der Waals surface area contributed by atoms with E-state index in [1.165, 1.54) is 17.7 Å². The van der Waals surface area contributed by atoms with Crippen molar-refractivity contribution in [3.05, 3.63) is 107 Å². The molecule has 36 heavy (non-hydrogen) atoms. The summed E-state index contributed by atoms with van der Waals surface area (Å²) in [6.45, 7) is 4.01. The van der Waals surface area contributed by atoms with Gasteiger partial charge in [0.15, 0.2) is 0 Å². The number of carbonyl (C=O) groups is 1. The van der Waals surface area contributed by atoms with Crippen LogP contribution in [0.2, 0.25) is 0 Å². The van der Waals surface area contributed by atoms with Crippen LogP contribution in [0.4, 0.5) is 4.39 Å². The quantitative estimate of drug-likeness (QED) is 0.385. The van der Waals surface area contributed by atoms with Gasteiger partial charge in [-0.1, -0.05) is 65.3 Å². The molecule has 1 aliphatic heterocycles. The van der Waals surface area contributed by atoms with Crippen molar-refractivity contribution >= 4 is 5.91 Å². The molecule has 2 atom stereocenters. The van der Waals surface area contributed by atoms with Gasteiger partial charge in [0.2, 0.25) is 17.6 Å². The molecule has 6 nitrogen and oxygen atoms in total. The third-order valence-corrected chi connectivity index (χ3v) is 6.64. The van der Waals surface area contributed by atoms with Crippen LogP contribution in [-0.2, 0) is 11.3 Å². The highest BCUT2D eigenvalue weighted by atomic mass is 19.1. The van der Waals surface area contributed by atoms with Crippen molar-refractivity contribution in [3.8, 4) is 11.4 Å². The van der Waals surface area contributed by atoms with Crippen LogP contribution in [0.25, 0.3) is 11.4 Å². The van der Waals surface area contributed by atoms with Crippen LogP contribution in [0.5, 0.6) is 0 Å². The molecule has 0 spiro atoms. The highest BCUT2D eigenvalue weighted by Crippen LogP contribution is 2.25. The zero-order chi connectivity index (χ0) is 24.9. The fourth-order valence-electron chi connectivity index (χ4n) is 4.66. The number of amides is 1. The molecule has 184 valence electrons. The first kappa shape index (κ1) is 23.9. The fourth-order valence-corrected chi connectivity index (χ4v) is 4.66. The molecule has 1 aliphatic rings. The lowest BCUT2D eigenvalue weighted by molar-refractivity contribution is -0.127. The Kier molecular flexibility index (Phi) is 7.18. The van der Waals surface area contributed by atoms with E-state index < -0.39 is 0 Å². The van der Waals surface area contributed by atoms with Gasteiger partial charge in [0, 0.05) is 12.1 Å². The van der Waals surface area contributed by atoms with Gasteiger partial charge in [-0.15, -0.1) is 0 Å². The molecule has 1 N–H and O–H groups in total. The molecule has 5 rings (SSSR count). The molecule has 2 heterocycles. The second kappa shape index (κ2) is 10.8. The number of likely N-dealkylation sites (tertiary alicyclic amines) is 1. The second-order valence-corrected chi connectivity index (χ2v) is 9.36. The summed E-state index contributed by atoms with van der Waals surface area (Å²) in [5.74, 6) is 0.524. The Hall–Kier alpha value is -3.84. The molecule has 3 aromatic carbocycles. The highest BCUT2D eigenvalue weighted by molar-refractivity contribution is 5.80. The maximum atomic E-state index is 13.4. The number of aryl methyl sites for hydroxylation is 1. The molecule has 1 saturated heterocycles. The van der Waals surface area contributed by atoms with Gasteiger partial charge < -0.3 is 9.84 Å². The summed E-state index contributed by atoms with van der Waals surface area (Å²) >= 11 is 0. The maximum absolute atomic E-state index is 13.4. The number of carbonyl (C=O) groups excluding carboxylic acids is 1. The molecular formula is C29H29FN4O2. The first-order chi connectivity index (χ1) is 17.5. The lowest BCUT2D eigenvalue weighted by atomic mass is 9.94. The average Bonchev–Trinajstić information content (AvgIpc) is 3.37. The van der Waals surface area contributed by atoms with Gasteiger partial charge in [0.05, 0.1) is 18.5 Å². The molecule has 0 bridgehead atoms. The van der Waals surface area contributed by atoms with E-state index in [0.717, 1.165) is 30.5 Å². The van der Waals surface area contributed by atoms with E-state index in [4.69, 9.17) is 4.52 Å². The van der Waals surface area contributed by atoms with Crippen molar-refractivity contribution in [2.24, 2.45) is 5.92 Å². The van der Waals surface area contributed by atoms with Gasteiger partial charge in [-0.25, -0.2) is 4.39 Å². The van der Waals surface area contributed by atoms with Gasteiger partial charge >= 0.3 is 0 Å². The van der Waals surface area contributed by atoms with Gasteiger partial charge in [0.1, 0.15) is 5.82 Å². The minimum Gasteiger partial charge on any atom is -0.345 e. The Bertz CT molecular complexity index is 1290. The number of benzene rings is 3. The Balaban J connectivity index is 1.25. The number of nitrogens with one attached hydrogen (secondary N) is 1. The Morgan fingerprint density at radius 3 is 2.53 bits per heavy atom. The van der Waals surface area contributed by atoms with Gasteiger partial charge in [-0.2, -0.15) is 4.98 Å². The van der Waals surface area contributed by atoms with Crippen molar-refractivity contribution < 1.29 is 13.7 Å². The average molecular weight is 485 g/mol. The molecule has 4 aromatic rings. The van der Waals surface area contributed by atoms with Crippen LogP contribution >= 0.6 is 0 Å². The first-order valence-corrected chi connectivity index (χ1v) is 12.3. The fraction of sp³-hybridized carbons (Fsp3) is 0.276. The van der Waals surface area contributed by atoms with Crippen LogP contribution in [0.3, 0.4) is 0 Å². The monoisotopic (exact) mass is 484 g/mol. The Morgan fingerprint density at radius 1 is 1.06 bits per heavy atom. The van der Waals surface area contributed by atoms with Crippen LogP contribution < -0.4 is 5.32 Å². The van der Waals surface area contributed by atoms with Gasteiger partial charge in [-0.3, -0.25) is 9.69 Å². The van der Waals surface area contributed by atoms with Gasteiger partial charge in [-0.05, 0) is 61.7 Å². The smallest absolute Gasteiger partial charge is 0.241 e. The summed E-state index contributed by atoms with van der Waals surface area (Å²) in [6.07, 6.45) is 1.75. The van der Waals surface area contributed by atoms with Gasteiger partial charge in [0.25, 0.3) is 0 Å². The first-order valence-electron chi connectivity index (χ1n) is 12.3. The summed E-state index contributed by atoms with van der Waals surface area (Å²) in [7, 11) is 0. The summed E-state index contributed by atoms with van der Waals surface area (Å²) in [5, 5.41) is 7.34. The molecule has 7 heteroatoms. The number of hydrogen-bond acceptors (Lipinski definition) is 5. The third-order valence-electron chi connectivity index (χ3n) is 6.64. The lowest BCUT2D eigenvalue weighted by Crippen LogP contribution is -2.43. The minimum atomic E-state index is -0.308. The summed E-state index contributed by atoms with van der Waals surface area (Å²) in [4.78, 5) is 20.1. The summed E-state index contributed by atoms with van der Waals surface area (Å²) in [6, 6.07) is 24.2. The van der Waals surface area contributed by atoms with Crippen LogP contribution in [-0.4, -0.2) is 34.0 Å². The molecule has 0 aliphatic carbocycles. The zero-order valence-electron chi connectivity index (χ0n) is 20.2. The highest BCUT2D eigenvalue weighted by Gasteiger charge is 2.29. The topological polar surface area (TPSA) is 71.3 Å². The van der Waals surface area contributed by atoms with Crippen LogP contribution in [0.15, 0.2) is 83.4 Å².